The SMILES string of the molecule is O=C(O)c1ccc(OCCCN2C(=O)C(=Cc3cc(-c4cc(C(F)(F)F)cc(C(F)(F)F)c4)ccc3OCCN3CCOCC3)SC2=S)cc1. The van der Waals surface area contributed by atoms with Crippen LogP contribution < -0.4 is 9.47 Å². The van der Waals surface area contributed by atoms with Crippen molar-refractivity contribution in [2.45, 2.75) is 18.8 Å². The molecule has 3 aromatic carbocycles. The number of aromatic carboxylic acids is 1. The van der Waals surface area contributed by atoms with Crippen molar-refractivity contribution in [1.29, 1.82) is 0 Å². The van der Waals surface area contributed by atoms with Gasteiger partial charge in [0, 0.05) is 31.7 Å². The monoisotopic (exact) mass is 740 g/mol. The minimum atomic E-state index is -5.02. The molecule has 3 aromatic rings. The van der Waals surface area contributed by atoms with Crippen LogP contribution in [0.3, 0.4) is 0 Å². The maximum atomic E-state index is 13.6. The van der Waals surface area contributed by atoms with Crippen LogP contribution in [0.5, 0.6) is 11.5 Å². The van der Waals surface area contributed by atoms with E-state index in [0.29, 0.717) is 57.2 Å². The molecular formula is C34H30F6N2O6S2. The Morgan fingerprint density at radius 1 is 0.880 bits per heavy atom. The van der Waals surface area contributed by atoms with Crippen LogP contribution in [0.15, 0.2) is 65.6 Å². The number of carboxylic acid groups (broad SMARTS) is 1. The molecule has 0 aromatic heterocycles. The maximum Gasteiger partial charge on any atom is 0.416 e. The number of hydrogen-bond acceptors (Lipinski definition) is 8. The predicted molar refractivity (Wildman–Crippen MR) is 178 cm³/mol. The quantitative estimate of drug-likeness (QED) is 0.0880. The molecule has 2 aliphatic rings. The van der Waals surface area contributed by atoms with Gasteiger partial charge in [0.1, 0.15) is 22.4 Å². The van der Waals surface area contributed by atoms with E-state index in [0.717, 1.165) is 11.8 Å². The molecule has 0 aliphatic carbocycles. The van der Waals surface area contributed by atoms with Crippen LogP contribution in [0.25, 0.3) is 17.2 Å². The van der Waals surface area contributed by atoms with Gasteiger partial charge in [-0.1, -0.05) is 30.0 Å². The highest BCUT2D eigenvalue weighted by Crippen LogP contribution is 2.40. The van der Waals surface area contributed by atoms with Gasteiger partial charge in [0.15, 0.2) is 0 Å². The van der Waals surface area contributed by atoms with Gasteiger partial charge in [0.05, 0.1) is 41.4 Å². The lowest BCUT2D eigenvalue weighted by molar-refractivity contribution is -0.143. The van der Waals surface area contributed by atoms with Crippen LogP contribution in [0.4, 0.5) is 26.3 Å². The van der Waals surface area contributed by atoms with Gasteiger partial charge in [-0.3, -0.25) is 14.6 Å². The van der Waals surface area contributed by atoms with E-state index < -0.39 is 35.4 Å². The number of thioether (sulfide) groups is 1. The molecule has 2 fully saturated rings. The third-order valence-electron chi connectivity index (χ3n) is 7.76. The highest BCUT2D eigenvalue weighted by atomic mass is 32.2. The summed E-state index contributed by atoms with van der Waals surface area (Å²) in [5.41, 5.74) is -2.78. The molecule has 1 amide bonds. The van der Waals surface area contributed by atoms with Gasteiger partial charge in [-0.05, 0) is 78.2 Å². The first-order valence-electron chi connectivity index (χ1n) is 15.3. The largest absolute Gasteiger partial charge is 0.494 e. The Labute approximate surface area is 292 Å². The number of carbonyl (C=O) groups excluding carboxylic acids is 1. The van der Waals surface area contributed by atoms with Crippen LogP contribution in [0.1, 0.15) is 33.5 Å². The fourth-order valence-electron chi connectivity index (χ4n) is 5.14. The standard InChI is InChI=1S/C34H30F6N2O6S2/c35-33(36,37)25-17-23(18-26(20-25)34(38,39)40)22-4-7-28(48-15-11-41-9-13-46-14-10-41)24(16-22)19-29-30(43)42(32(49)50-29)8-1-12-47-27-5-2-21(3-6-27)31(44)45/h2-7,16-20H,1,8-15H2,(H,44,45). The van der Waals surface area contributed by atoms with E-state index in [4.69, 9.17) is 31.5 Å². The van der Waals surface area contributed by atoms with Crippen LogP contribution in [0, 0.1) is 0 Å². The lowest BCUT2D eigenvalue weighted by Gasteiger charge is -2.26. The van der Waals surface area contributed by atoms with Crippen molar-refractivity contribution < 1.29 is 55.2 Å². The maximum absolute atomic E-state index is 13.6. The number of carboxylic acids is 1. The lowest BCUT2D eigenvalue weighted by Crippen LogP contribution is -2.38. The fraction of sp³-hybridized carbons (Fsp3) is 0.324. The molecule has 0 unspecified atom stereocenters. The van der Waals surface area contributed by atoms with E-state index in [1.807, 2.05) is 0 Å². The van der Waals surface area contributed by atoms with Crippen molar-refractivity contribution in [3.63, 3.8) is 0 Å². The van der Waals surface area contributed by atoms with Crippen molar-refractivity contribution in [2.24, 2.45) is 0 Å². The molecule has 50 heavy (non-hydrogen) atoms. The summed E-state index contributed by atoms with van der Waals surface area (Å²) in [7, 11) is 0. The number of hydrogen-bond donors (Lipinski definition) is 1. The average Bonchev–Trinajstić information content (AvgIpc) is 3.34. The number of halogens is 6. The Kier molecular flexibility index (Phi) is 11.8. The second-order valence-electron chi connectivity index (χ2n) is 11.2. The number of alkyl halides is 6. The number of nitrogens with zero attached hydrogens (tertiary/aromatic N) is 2. The molecule has 0 atom stereocenters. The number of morpholine rings is 1. The number of thiocarbonyl (C=S) groups is 1. The van der Waals surface area contributed by atoms with E-state index in [2.05, 4.69) is 4.90 Å². The third kappa shape index (κ3) is 9.56. The molecular weight excluding hydrogens is 711 g/mol. The molecule has 0 radical (unpaired) electrons. The third-order valence-corrected chi connectivity index (χ3v) is 9.13. The Morgan fingerprint density at radius 3 is 2.16 bits per heavy atom. The predicted octanol–water partition coefficient (Wildman–Crippen LogP) is 7.47. The van der Waals surface area contributed by atoms with Gasteiger partial charge >= 0.3 is 18.3 Å². The van der Waals surface area contributed by atoms with Crippen LogP contribution in [-0.4, -0.2) is 83.7 Å². The van der Waals surface area contributed by atoms with E-state index in [9.17, 15) is 35.9 Å². The Morgan fingerprint density at radius 2 is 1.54 bits per heavy atom. The van der Waals surface area contributed by atoms with E-state index in [-0.39, 0.29) is 63.1 Å². The first-order chi connectivity index (χ1) is 23.7. The summed E-state index contributed by atoms with van der Waals surface area (Å²) in [5, 5.41) is 9.03. The van der Waals surface area contributed by atoms with Gasteiger partial charge in [-0.2, -0.15) is 26.3 Å². The van der Waals surface area contributed by atoms with Crippen molar-refractivity contribution >= 4 is 46.3 Å². The number of ether oxygens (including phenoxy) is 3. The number of carbonyl (C=O) groups is 2. The second-order valence-corrected chi connectivity index (χ2v) is 12.9. The van der Waals surface area contributed by atoms with E-state index >= 15 is 0 Å². The molecule has 2 heterocycles. The zero-order chi connectivity index (χ0) is 36.1. The van der Waals surface area contributed by atoms with Gasteiger partial charge in [-0.15, -0.1) is 0 Å². The fourth-order valence-corrected chi connectivity index (χ4v) is 6.44. The van der Waals surface area contributed by atoms with Crippen molar-refractivity contribution in [1.82, 2.24) is 9.80 Å². The van der Waals surface area contributed by atoms with Gasteiger partial charge in [0.2, 0.25) is 0 Å². The minimum absolute atomic E-state index is 0.0531. The number of amides is 1. The molecule has 8 nitrogen and oxygen atoms in total. The highest BCUT2D eigenvalue weighted by Gasteiger charge is 2.37. The van der Waals surface area contributed by atoms with Crippen LogP contribution in [-0.2, 0) is 21.9 Å². The van der Waals surface area contributed by atoms with E-state index in [1.165, 1.54) is 53.4 Å². The summed E-state index contributed by atoms with van der Waals surface area (Å²) in [5.74, 6) is -0.778. The molecule has 16 heteroatoms. The van der Waals surface area contributed by atoms with Gasteiger partial charge in [0.25, 0.3) is 5.91 Å². The minimum Gasteiger partial charge on any atom is -0.494 e. The highest BCUT2D eigenvalue weighted by molar-refractivity contribution is 8.26. The topological polar surface area (TPSA) is 88.5 Å². The first-order valence-corrected chi connectivity index (χ1v) is 16.5. The zero-order valence-electron chi connectivity index (χ0n) is 26.2. The van der Waals surface area contributed by atoms with Gasteiger partial charge in [-0.25, -0.2) is 4.79 Å². The number of benzene rings is 3. The first kappa shape index (κ1) is 37.1. The van der Waals surface area contributed by atoms with Gasteiger partial charge < -0.3 is 19.3 Å². The van der Waals surface area contributed by atoms with E-state index in [1.54, 1.807) is 0 Å². The summed E-state index contributed by atoms with van der Waals surface area (Å²) in [6.07, 6.45) is -8.20. The van der Waals surface area contributed by atoms with Crippen LogP contribution >= 0.6 is 24.0 Å². The Balaban J connectivity index is 1.37. The summed E-state index contributed by atoms with van der Waals surface area (Å²) >= 11 is 6.44. The van der Waals surface area contributed by atoms with Crippen molar-refractivity contribution in [2.75, 3.05) is 52.6 Å². The summed E-state index contributed by atoms with van der Waals surface area (Å²) in [6.45, 7) is 3.72. The zero-order valence-corrected chi connectivity index (χ0v) is 27.8. The summed E-state index contributed by atoms with van der Waals surface area (Å²) in [4.78, 5) is 28.1. The molecule has 0 bridgehead atoms. The molecule has 2 aliphatic heterocycles. The normalized spacial score (nSPS) is 16.7. The number of rotatable bonds is 12. The molecule has 0 spiro atoms. The molecule has 2 saturated heterocycles. The van der Waals surface area contributed by atoms with Crippen LogP contribution in [0.2, 0.25) is 0 Å². The summed E-state index contributed by atoms with van der Waals surface area (Å²) in [6, 6.07) is 11.4. The van der Waals surface area contributed by atoms with Crippen molar-refractivity contribution in [3.05, 3.63) is 87.8 Å². The Bertz CT molecular complexity index is 1730. The average molecular weight is 741 g/mol. The lowest BCUT2D eigenvalue weighted by atomic mass is 9.97. The molecule has 266 valence electrons. The van der Waals surface area contributed by atoms with Crippen molar-refractivity contribution in [3.8, 4) is 22.6 Å². The molecule has 0 saturated carbocycles. The Hall–Kier alpha value is -4.12. The summed E-state index contributed by atoms with van der Waals surface area (Å²) < 4.78 is 99.0. The second kappa shape index (κ2) is 15.8. The smallest absolute Gasteiger partial charge is 0.416 e. The molecule has 5 rings (SSSR count). The molecule has 1 N–H and O–H groups in total.